The highest BCUT2D eigenvalue weighted by molar-refractivity contribution is 7.90. The summed E-state index contributed by atoms with van der Waals surface area (Å²) in [6.45, 7) is 4.62. The maximum absolute atomic E-state index is 12.5. The number of pyridine rings is 1. The van der Waals surface area contributed by atoms with E-state index in [-0.39, 0.29) is 11.4 Å². The third kappa shape index (κ3) is 3.49. The second kappa shape index (κ2) is 6.71. The van der Waals surface area contributed by atoms with Crippen LogP contribution in [0.5, 0.6) is 0 Å². The number of sulfonamides is 1. The van der Waals surface area contributed by atoms with Gasteiger partial charge in [0.05, 0.1) is 18.0 Å². The van der Waals surface area contributed by atoms with Crippen molar-refractivity contribution in [1.82, 2.24) is 14.2 Å². The second-order valence-corrected chi connectivity index (χ2v) is 9.36. The number of aromatic nitrogens is 1. The maximum atomic E-state index is 12.5. The molecule has 132 valence electrons. The molecule has 2 saturated heterocycles. The van der Waals surface area contributed by atoms with Gasteiger partial charge in [0.25, 0.3) is 0 Å². The van der Waals surface area contributed by atoms with E-state index < -0.39 is 10.0 Å². The summed E-state index contributed by atoms with van der Waals surface area (Å²) in [4.78, 5) is 6.49. The zero-order valence-corrected chi connectivity index (χ0v) is 14.7. The molecule has 24 heavy (non-hydrogen) atoms. The molecule has 7 heteroatoms. The van der Waals surface area contributed by atoms with E-state index in [0.29, 0.717) is 25.6 Å². The average Bonchev–Trinajstić information content (AvgIpc) is 3.42. The van der Waals surface area contributed by atoms with E-state index in [1.165, 1.54) is 5.56 Å². The van der Waals surface area contributed by atoms with Crippen molar-refractivity contribution in [3.05, 3.63) is 30.1 Å². The van der Waals surface area contributed by atoms with Gasteiger partial charge in [0.1, 0.15) is 0 Å². The second-order valence-electron chi connectivity index (χ2n) is 7.15. The van der Waals surface area contributed by atoms with E-state index >= 15 is 0 Å². The smallest absolute Gasteiger partial charge is 0.217 e. The topological polar surface area (TPSA) is 62.7 Å². The monoisotopic (exact) mass is 351 g/mol. The number of hydrogen-bond acceptors (Lipinski definition) is 5. The van der Waals surface area contributed by atoms with Crippen LogP contribution >= 0.6 is 0 Å². The first-order valence-electron chi connectivity index (χ1n) is 8.85. The summed E-state index contributed by atoms with van der Waals surface area (Å²) < 4.78 is 32.7. The first kappa shape index (κ1) is 16.4. The van der Waals surface area contributed by atoms with Crippen molar-refractivity contribution in [2.75, 3.05) is 32.8 Å². The Bertz CT molecular complexity index is 663. The zero-order valence-electron chi connectivity index (χ0n) is 13.9. The molecule has 3 fully saturated rings. The lowest BCUT2D eigenvalue weighted by molar-refractivity contribution is -0.00194. The molecule has 6 nitrogen and oxygen atoms in total. The lowest BCUT2D eigenvalue weighted by atomic mass is 9.94. The van der Waals surface area contributed by atoms with Crippen LogP contribution < -0.4 is 0 Å². The SMILES string of the molecule is O=S(=O)(C1CC1)N1CC[C@@H]2CN(Cc3ccncc3)CCO[C@@H]2C1. The molecule has 2 atom stereocenters. The van der Waals surface area contributed by atoms with Gasteiger partial charge in [0.2, 0.25) is 10.0 Å². The standard InChI is InChI=1S/C17H25N3O3S/c21-24(22,16-1-2-16)20-8-5-15-12-19(9-10-23-17(15)13-20)11-14-3-6-18-7-4-14/h3-4,6-7,15-17H,1-2,5,8-13H2/t15-,17-/m1/s1. The highest BCUT2D eigenvalue weighted by atomic mass is 32.2. The lowest BCUT2D eigenvalue weighted by Crippen LogP contribution is -2.49. The molecule has 1 saturated carbocycles. The van der Waals surface area contributed by atoms with Gasteiger partial charge in [-0.3, -0.25) is 9.88 Å². The summed E-state index contributed by atoms with van der Waals surface area (Å²) in [7, 11) is -3.08. The van der Waals surface area contributed by atoms with E-state index in [4.69, 9.17) is 4.74 Å². The first-order valence-corrected chi connectivity index (χ1v) is 10.3. The number of piperidine rings is 1. The molecule has 1 aromatic rings. The van der Waals surface area contributed by atoms with Crippen LogP contribution in [0.25, 0.3) is 0 Å². The molecular formula is C17H25N3O3S. The van der Waals surface area contributed by atoms with Crippen molar-refractivity contribution >= 4 is 10.0 Å². The number of ether oxygens (including phenoxy) is 1. The van der Waals surface area contributed by atoms with Crippen LogP contribution in [0.1, 0.15) is 24.8 Å². The van der Waals surface area contributed by atoms with Crippen LogP contribution in [0.3, 0.4) is 0 Å². The van der Waals surface area contributed by atoms with Gasteiger partial charge in [-0.15, -0.1) is 0 Å². The summed E-state index contributed by atoms with van der Waals surface area (Å²) in [5.41, 5.74) is 1.26. The Labute approximate surface area is 143 Å². The van der Waals surface area contributed by atoms with Gasteiger partial charge < -0.3 is 4.74 Å². The molecule has 0 amide bonds. The van der Waals surface area contributed by atoms with Crippen LogP contribution in [0.4, 0.5) is 0 Å². The van der Waals surface area contributed by atoms with Crippen LogP contribution in [0, 0.1) is 5.92 Å². The van der Waals surface area contributed by atoms with E-state index in [1.54, 1.807) is 4.31 Å². The molecule has 3 heterocycles. The molecule has 3 aliphatic rings. The fraction of sp³-hybridized carbons (Fsp3) is 0.706. The van der Waals surface area contributed by atoms with Gasteiger partial charge in [-0.2, -0.15) is 4.31 Å². The Hall–Kier alpha value is -1.02. The van der Waals surface area contributed by atoms with Crippen molar-refractivity contribution in [3.8, 4) is 0 Å². The van der Waals surface area contributed by atoms with Crippen LogP contribution in [0.2, 0.25) is 0 Å². The quantitative estimate of drug-likeness (QED) is 0.813. The van der Waals surface area contributed by atoms with Crippen molar-refractivity contribution in [3.63, 3.8) is 0 Å². The fourth-order valence-corrected chi connectivity index (χ4v) is 5.66. The number of fused-ring (bicyclic) bond motifs is 1. The molecule has 0 spiro atoms. The molecule has 4 rings (SSSR count). The van der Waals surface area contributed by atoms with Crippen molar-refractivity contribution in [2.45, 2.75) is 37.2 Å². The molecule has 0 radical (unpaired) electrons. The molecular weight excluding hydrogens is 326 g/mol. The Morgan fingerprint density at radius 1 is 1.12 bits per heavy atom. The van der Waals surface area contributed by atoms with E-state index in [9.17, 15) is 8.42 Å². The van der Waals surface area contributed by atoms with Gasteiger partial charge in [0, 0.05) is 51.0 Å². The third-order valence-corrected chi connectivity index (χ3v) is 7.72. The van der Waals surface area contributed by atoms with Crippen molar-refractivity contribution in [1.29, 1.82) is 0 Å². The molecule has 1 aliphatic carbocycles. The largest absolute Gasteiger partial charge is 0.375 e. The van der Waals surface area contributed by atoms with Crippen molar-refractivity contribution in [2.24, 2.45) is 5.92 Å². The van der Waals surface area contributed by atoms with Crippen LogP contribution in [-0.4, -0.2) is 66.7 Å². The number of rotatable bonds is 4. The normalized spacial score (nSPS) is 29.8. The van der Waals surface area contributed by atoms with Gasteiger partial charge in [-0.05, 0) is 37.0 Å². The highest BCUT2D eigenvalue weighted by Crippen LogP contribution is 2.34. The predicted molar refractivity (Wildman–Crippen MR) is 90.9 cm³/mol. The first-order chi connectivity index (χ1) is 11.6. The van der Waals surface area contributed by atoms with Crippen LogP contribution in [0.15, 0.2) is 24.5 Å². The van der Waals surface area contributed by atoms with Gasteiger partial charge in [-0.1, -0.05) is 0 Å². The molecule has 0 aromatic carbocycles. The van der Waals surface area contributed by atoms with E-state index in [1.807, 2.05) is 24.5 Å². The molecule has 0 bridgehead atoms. The maximum Gasteiger partial charge on any atom is 0.217 e. The number of nitrogens with zero attached hydrogens (tertiary/aromatic N) is 3. The highest BCUT2D eigenvalue weighted by Gasteiger charge is 2.44. The van der Waals surface area contributed by atoms with Gasteiger partial charge >= 0.3 is 0 Å². The summed E-state index contributed by atoms with van der Waals surface area (Å²) in [5.74, 6) is 0.417. The van der Waals surface area contributed by atoms with E-state index in [2.05, 4.69) is 9.88 Å². The summed E-state index contributed by atoms with van der Waals surface area (Å²) in [6.07, 6.45) is 6.24. The summed E-state index contributed by atoms with van der Waals surface area (Å²) in [5, 5.41) is -0.122. The molecule has 0 N–H and O–H groups in total. The fourth-order valence-electron chi connectivity index (χ4n) is 3.79. The van der Waals surface area contributed by atoms with Crippen LogP contribution in [-0.2, 0) is 21.3 Å². The van der Waals surface area contributed by atoms with Gasteiger partial charge in [-0.25, -0.2) is 8.42 Å². The van der Waals surface area contributed by atoms with E-state index in [0.717, 1.165) is 38.9 Å². The lowest BCUT2D eigenvalue weighted by Gasteiger charge is -2.37. The Morgan fingerprint density at radius 2 is 1.92 bits per heavy atom. The predicted octanol–water partition coefficient (Wildman–Crippen LogP) is 1.10. The number of hydrogen-bond donors (Lipinski definition) is 0. The zero-order chi connectivity index (χ0) is 16.6. The minimum Gasteiger partial charge on any atom is -0.375 e. The third-order valence-electron chi connectivity index (χ3n) is 5.35. The van der Waals surface area contributed by atoms with Crippen molar-refractivity contribution < 1.29 is 13.2 Å². The Balaban J connectivity index is 1.39. The Kier molecular flexibility index (Phi) is 4.60. The molecule has 1 aromatic heterocycles. The molecule has 0 unspecified atom stereocenters. The molecule has 2 aliphatic heterocycles. The van der Waals surface area contributed by atoms with Gasteiger partial charge in [0.15, 0.2) is 0 Å². The minimum absolute atomic E-state index is 0.0368. The summed E-state index contributed by atoms with van der Waals surface area (Å²) >= 11 is 0. The Morgan fingerprint density at radius 3 is 2.67 bits per heavy atom. The summed E-state index contributed by atoms with van der Waals surface area (Å²) in [6, 6.07) is 4.10. The minimum atomic E-state index is -3.08. The average molecular weight is 351 g/mol.